The lowest BCUT2D eigenvalue weighted by molar-refractivity contribution is -0.121. The SMILES string of the molecule is C[C@@H](CN)NC(=O)CCNC(=O)c1ccc2ccccc2c1.Cl. The van der Waals surface area contributed by atoms with Crippen molar-refractivity contribution in [3.8, 4) is 0 Å². The fraction of sp³-hybridized carbons (Fsp3) is 0.294. The van der Waals surface area contributed by atoms with Crippen LogP contribution in [-0.2, 0) is 4.79 Å². The van der Waals surface area contributed by atoms with Crippen LogP contribution in [-0.4, -0.2) is 30.9 Å². The van der Waals surface area contributed by atoms with Crippen LogP contribution in [0, 0.1) is 0 Å². The van der Waals surface area contributed by atoms with E-state index in [0.29, 0.717) is 18.7 Å². The molecule has 2 aromatic carbocycles. The lowest BCUT2D eigenvalue weighted by Crippen LogP contribution is -2.39. The Kier molecular flexibility index (Phi) is 7.51. The number of nitrogens with one attached hydrogen (secondary N) is 2. The van der Waals surface area contributed by atoms with Crippen molar-refractivity contribution in [1.29, 1.82) is 0 Å². The summed E-state index contributed by atoms with van der Waals surface area (Å²) >= 11 is 0. The van der Waals surface area contributed by atoms with Crippen LogP contribution in [0.25, 0.3) is 10.8 Å². The predicted octanol–water partition coefficient (Wildman–Crippen LogP) is 1.84. The van der Waals surface area contributed by atoms with Gasteiger partial charge in [0.2, 0.25) is 5.91 Å². The van der Waals surface area contributed by atoms with E-state index in [4.69, 9.17) is 5.73 Å². The lowest BCUT2D eigenvalue weighted by atomic mass is 10.1. The van der Waals surface area contributed by atoms with E-state index in [1.165, 1.54) is 0 Å². The highest BCUT2D eigenvalue weighted by atomic mass is 35.5. The maximum Gasteiger partial charge on any atom is 0.251 e. The Labute approximate surface area is 142 Å². The zero-order valence-corrected chi connectivity index (χ0v) is 13.9. The summed E-state index contributed by atoms with van der Waals surface area (Å²) in [5, 5.41) is 7.62. The molecule has 0 radical (unpaired) electrons. The molecule has 2 aromatic rings. The zero-order chi connectivity index (χ0) is 15.9. The fourth-order valence-electron chi connectivity index (χ4n) is 2.13. The van der Waals surface area contributed by atoms with Crippen LogP contribution >= 0.6 is 12.4 Å². The Morgan fingerprint density at radius 3 is 2.52 bits per heavy atom. The van der Waals surface area contributed by atoms with Gasteiger partial charge >= 0.3 is 0 Å². The highest BCUT2D eigenvalue weighted by Gasteiger charge is 2.08. The molecule has 0 fully saturated rings. The molecule has 4 N–H and O–H groups in total. The number of rotatable bonds is 6. The number of carbonyl (C=O) groups is 2. The van der Waals surface area contributed by atoms with E-state index in [1.807, 2.05) is 43.3 Å². The Bertz CT molecular complexity index is 676. The minimum atomic E-state index is -0.176. The van der Waals surface area contributed by atoms with Crippen molar-refractivity contribution >= 4 is 35.0 Å². The van der Waals surface area contributed by atoms with Gasteiger partial charge in [0.1, 0.15) is 0 Å². The van der Waals surface area contributed by atoms with Gasteiger partial charge in [0.15, 0.2) is 0 Å². The highest BCUT2D eigenvalue weighted by Crippen LogP contribution is 2.15. The van der Waals surface area contributed by atoms with E-state index in [2.05, 4.69) is 10.6 Å². The molecule has 2 rings (SSSR count). The van der Waals surface area contributed by atoms with Crippen molar-refractivity contribution in [3.05, 3.63) is 48.0 Å². The van der Waals surface area contributed by atoms with Crippen molar-refractivity contribution in [2.75, 3.05) is 13.1 Å². The third-order valence-electron chi connectivity index (χ3n) is 3.41. The van der Waals surface area contributed by atoms with E-state index in [-0.39, 0.29) is 36.7 Å². The van der Waals surface area contributed by atoms with Gasteiger partial charge in [-0.1, -0.05) is 30.3 Å². The van der Waals surface area contributed by atoms with E-state index in [1.54, 1.807) is 6.07 Å². The van der Waals surface area contributed by atoms with Crippen LogP contribution in [0.15, 0.2) is 42.5 Å². The Morgan fingerprint density at radius 1 is 1.13 bits per heavy atom. The molecule has 0 aliphatic rings. The first kappa shape index (κ1) is 18.9. The van der Waals surface area contributed by atoms with E-state index < -0.39 is 0 Å². The summed E-state index contributed by atoms with van der Waals surface area (Å²) in [6.45, 7) is 2.54. The molecule has 0 saturated carbocycles. The zero-order valence-electron chi connectivity index (χ0n) is 13.0. The molecular weight excluding hydrogens is 314 g/mol. The number of amides is 2. The largest absolute Gasteiger partial charge is 0.352 e. The lowest BCUT2D eigenvalue weighted by Gasteiger charge is -2.11. The van der Waals surface area contributed by atoms with Crippen LogP contribution in [0.1, 0.15) is 23.7 Å². The molecule has 6 heteroatoms. The van der Waals surface area contributed by atoms with Gasteiger partial charge in [-0.2, -0.15) is 0 Å². The first-order valence-corrected chi connectivity index (χ1v) is 7.36. The smallest absolute Gasteiger partial charge is 0.251 e. The van der Waals surface area contributed by atoms with Crippen LogP contribution < -0.4 is 16.4 Å². The molecule has 0 aliphatic carbocycles. The van der Waals surface area contributed by atoms with Crippen LogP contribution in [0.5, 0.6) is 0 Å². The number of hydrogen-bond acceptors (Lipinski definition) is 3. The molecule has 0 heterocycles. The summed E-state index contributed by atoms with van der Waals surface area (Å²) in [6.07, 6.45) is 0.240. The average molecular weight is 336 g/mol. The molecule has 5 nitrogen and oxygen atoms in total. The summed E-state index contributed by atoms with van der Waals surface area (Å²) in [7, 11) is 0. The minimum absolute atomic E-state index is 0. The van der Waals surface area contributed by atoms with E-state index >= 15 is 0 Å². The van der Waals surface area contributed by atoms with Crippen molar-refractivity contribution in [2.45, 2.75) is 19.4 Å². The van der Waals surface area contributed by atoms with Gasteiger partial charge in [0, 0.05) is 31.1 Å². The topological polar surface area (TPSA) is 84.2 Å². The second kappa shape index (κ2) is 9.12. The van der Waals surface area contributed by atoms with Gasteiger partial charge in [0.25, 0.3) is 5.91 Å². The van der Waals surface area contributed by atoms with E-state index in [0.717, 1.165) is 10.8 Å². The minimum Gasteiger partial charge on any atom is -0.352 e. The highest BCUT2D eigenvalue weighted by molar-refractivity contribution is 5.98. The molecule has 0 aromatic heterocycles. The summed E-state index contributed by atoms with van der Waals surface area (Å²) in [5.41, 5.74) is 6.03. The third kappa shape index (κ3) is 5.54. The fourth-order valence-corrected chi connectivity index (χ4v) is 2.13. The van der Waals surface area contributed by atoms with Gasteiger partial charge < -0.3 is 16.4 Å². The van der Waals surface area contributed by atoms with Crippen LogP contribution in [0.2, 0.25) is 0 Å². The molecule has 0 spiro atoms. The number of carbonyl (C=O) groups excluding carboxylic acids is 2. The Hall–Kier alpha value is -2.11. The second-order valence-electron chi connectivity index (χ2n) is 5.27. The molecule has 0 unspecified atom stereocenters. The maximum atomic E-state index is 12.1. The summed E-state index contributed by atoms with van der Waals surface area (Å²) in [4.78, 5) is 23.7. The maximum absolute atomic E-state index is 12.1. The van der Waals surface area contributed by atoms with Crippen molar-refractivity contribution in [3.63, 3.8) is 0 Å². The molecule has 0 aliphatic heterocycles. The number of hydrogen-bond donors (Lipinski definition) is 3. The third-order valence-corrected chi connectivity index (χ3v) is 3.41. The number of fused-ring (bicyclic) bond motifs is 1. The predicted molar refractivity (Wildman–Crippen MR) is 94.8 cm³/mol. The summed E-state index contributed by atoms with van der Waals surface area (Å²) in [5.74, 6) is -0.290. The first-order valence-electron chi connectivity index (χ1n) is 7.36. The standard InChI is InChI=1S/C17H21N3O2.ClH/c1-12(11-18)20-16(21)8-9-19-17(22)15-7-6-13-4-2-3-5-14(13)10-15;/h2-7,10,12H,8-9,11,18H2,1H3,(H,19,22)(H,20,21);1H/t12-;/m0./s1. The summed E-state index contributed by atoms with van der Waals surface area (Å²) < 4.78 is 0. The molecular formula is C17H22ClN3O2. The van der Waals surface area contributed by atoms with Gasteiger partial charge in [-0.05, 0) is 29.8 Å². The molecule has 1 atom stereocenters. The Balaban J connectivity index is 0.00000264. The first-order chi connectivity index (χ1) is 10.6. The normalized spacial score (nSPS) is 11.4. The van der Waals surface area contributed by atoms with Crippen LogP contribution in [0.3, 0.4) is 0 Å². The van der Waals surface area contributed by atoms with Gasteiger partial charge in [-0.15, -0.1) is 12.4 Å². The molecule has 23 heavy (non-hydrogen) atoms. The van der Waals surface area contributed by atoms with Crippen molar-refractivity contribution < 1.29 is 9.59 Å². The van der Waals surface area contributed by atoms with Gasteiger partial charge in [0.05, 0.1) is 0 Å². The molecule has 2 amide bonds. The molecule has 0 saturated heterocycles. The average Bonchev–Trinajstić information content (AvgIpc) is 2.54. The monoisotopic (exact) mass is 335 g/mol. The van der Waals surface area contributed by atoms with Gasteiger partial charge in [-0.3, -0.25) is 9.59 Å². The number of benzene rings is 2. The second-order valence-corrected chi connectivity index (χ2v) is 5.27. The van der Waals surface area contributed by atoms with E-state index in [9.17, 15) is 9.59 Å². The van der Waals surface area contributed by atoms with Crippen LogP contribution in [0.4, 0.5) is 0 Å². The quantitative estimate of drug-likeness (QED) is 0.753. The number of halogens is 1. The summed E-state index contributed by atoms with van der Waals surface area (Å²) in [6, 6.07) is 13.4. The van der Waals surface area contributed by atoms with Crippen molar-refractivity contribution in [1.82, 2.24) is 10.6 Å². The van der Waals surface area contributed by atoms with Gasteiger partial charge in [-0.25, -0.2) is 0 Å². The Morgan fingerprint density at radius 2 is 1.83 bits per heavy atom. The molecule has 0 bridgehead atoms. The molecule has 124 valence electrons. The number of nitrogens with two attached hydrogens (primary N) is 1. The van der Waals surface area contributed by atoms with Crippen molar-refractivity contribution in [2.24, 2.45) is 5.73 Å².